The van der Waals surface area contributed by atoms with Gasteiger partial charge in [0.2, 0.25) is 5.89 Å². The second-order valence-corrected chi connectivity index (χ2v) is 3.55. The molecule has 0 saturated carbocycles. The van der Waals surface area contributed by atoms with E-state index >= 15 is 0 Å². The predicted molar refractivity (Wildman–Crippen MR) is 64.3 cm³/mol. The molecule has 0 aliphatic carbocycles. The highest BCUT2D eigenvalue weighted by molar-refractivity contribution is 5.84. The van der Waals surface area contributed by atoms with Crippen molar-refractivity contribution in [3.63, 3.8) is 0 Å². The van der Waals surface area contributed by atoms with E-state index in [0.717, 1.165) is 0 Å². The van der Waals surface area contributed by atoms with Gasteiger partial charge in [-0.15, -0.1) is 10.2 Å². The Bertz CT molecular complexity index is 666. The second kappa shape index (κ2) is 5.34. The van der Waals surface area contributed by atoms with Crippen LogP contribution in [-0.4, -0.2) is 35.3 Å². The van der Waals surface area contributed by atoms with Crippen molar-refractivity contribution in [3.05, 3.63) is 34.2 Å². The maximum Gasteiger partial charge on any atom is 0.396 e. The zero-order chi connectivity index (χ0) is 14.7. The number of methoxy groups -OCH3 is 2. The van der Waals surface area contributed by atoms with Crippen LogP contribution in [0, 0.1) is 10.1 Å². The van der Waals surface area contributed by atoms with E-state index in [4.69, 9.17) is 9.15 Å². The van der Waals surface area contributed by atoms with Crippen molar-refractivity contribution >= 4 is 11.7 Å². The van der Waals surface area contributed by atoms with Crippen LogP contribution in [0.15, 0.2) is 22.6 Å². The average molecular weight is 279 g/mol. The fraction of sp³-hybridized carbons (Fsp3) is 0.182. The summed E-state index contributed by atoms with van der Waals surface area (Å²) in [6.07, 6.45) is 0. The third kappa shape index (κ3) is 2.41. The van der Waals surface area contributed by atoms with E-state index in [9.17, 15) is 14.9 Å². The summed E-state index contributed by atoms with van der Waals surface area (Å²) in [5.41, 5.74) is 0.194. The van der Waals surface area contributed by atoms with Gasteiger partial charge in [-0.1, -0.05) is 0 Å². The Morgan fingerprint density at radius 2 is 2.10 bits per heavy atom. The number of rotatable bonds is 4. The summed E-state index contributed by atoms with van der Waals surface area (Å²) in [5.74, 6) is -0.999. The highest BCUT2D eigenvalue weighted by Gasteiger charge is 2.20. The van der Waals surface area contributed by atoms with Crippen molar-refractivity contribution < 1.29 is 23.6 Å². The Labute approximate surface area is 112 Å². The van der Waals surface area contributed by atoms with Gasteiger partial charge in [-0.25, -0.2) is 4.79 Å². The van der Waals surface area contributed by atoms with Crippen molar-refractivity contribution in [2.24, 2.45) is 0 Å². The number of nitro groups is 1. The number of hydrogen-bond donors (Lipinski definition) is 0. The van der Waals surface area contributed by atoms with Crippen LogP contribution in [0.5, 0.6) is 5.75 Å². The number of aromatic nitrogens is 2. The Kier molecular flexibility index (Phi) is 3.60. The first kappa shape index (κ1) is 13.5. The Hall–Kier alpha value is -2.97. The Balaban J connectivity index is 2.40. The average Bonchev–Trinajstić information content (AvgIpc) is 2.95. The van der Waals surface area contributed by atoms with Crippen molar-refractivity contribution in [2.75, 3.05) is 14.2 Å². The zero-order valence-corrected chi connectivity index (χ0v) is 10.5. The molecule has 1 aromatic carbocycles. The molecule has 0 saturated heterocycles. The molecule has 1 heterocycles. The number of carbonyl (C=O) groups excluding carboxylic acids is 1. The van der Waals surface area contributed by atoms with Crippen LogP contribution in [0.25, 0.3) is 11.5 Å². The fourth-order valence-electron chi connectivity index (χ4n) is 1.47. The van der Waals surface area contributed by atoms with Crippen molar-refractivity contribution in [1.82, 2.24) is 10.2 Å². The first-order chi connectivity index (χ1) is 9.56. The van der Waals surface area contributed by atoms with Gasteiger partial charge in [0.25, 0.3) is 0 Å². The first-order valence-electron chi connectivity index (χ1n) is 5.31. The molecule has 20 heavy (non-hydrogen) atoms. The molecule has 2 aromatic rings. The standard InChI is InChI=1S/C11H9N3O6/c1-18-8-5-6(3-4-7(8)14(16)17)9-12-13-10(20-9)11(15)19-2/h3-5H,1-2H3. The molecule has 9 nitrogen and oxygen atoms in total. The van der Waals surface area contributed by atoms with Crippen molar-refractivity contribution in [2.45, 2.75) is 0 Å². The Morgan fingerprint density at radius 3 is 2.70 bits per heavy atom. The van der Waals surface area contributed by atoms with Crippen LogP contribution < -0.4 is 4.74 Å². The van der Waals surface area contributed by atoms with Gasteiger partial charge in [-0.3, -0.25) is 10.1 Å². The molecular formula is C11H9N3O6. The van der Waals surface area contributed by atoms with Crippen LogP contribution in [0.4, 0.5) is 5.69 Å². The molecular weight excluding hydrogens is 270 g/mol. The minimum absolute atomic E-state index is 0.0265. The highest BCUT2D eigenvalue weighted by Crippen LogP contribution is 2.31. The van der Waals surface area contributed by atoms with Gasteiger partial charge in [0, 0.05) is 17.7 Å². The van der Waals surface area contributed by atoms with E-state index in [-0.39, 0.29) is 23.2 Å². The molecule has 0 amide bonds. The van der Waals surface area contributed by atoms with Gasteiger partial charge in [0.1, 0.15) is 0 Å². The van der Waals surface area contributed by atoms with Gasteiger partial charge in [-0.2, -0.15) is 0 Å². The van der Waals surface area contributed by atoms with Crippen LogP contribution >= 0.6 is 0 Å². The number of nitro benzene ring substituents is 1. The Morgan fingerprint density at radius 1 is 1.35 bits per heavy atom. The maximum absolute atomic E-state index is 11.2. The molecule has 0 fully saturated rings. The largest absolute Gasteiger partial charge is 0.490 e. The number of esters is 1. The van der Waals surface area contributed by atoms with E-state index in [1.165, 1.54) is 32.4 Å². The molecule has 0 radical (unpaired) electrons. The van der Waals surface area contributed by atoms with Gasteiger partial charge < -0.3 is 13.9 Å². The fourth-order valence-corrected chi connectivity index (χ4v) is 1.47. The van der Waals surface area contributed by atoms with E-state index in [1.54, 1.807) is 0 Å². The quantitative estimate of drug-likeness (QED) is 0.468. The van der Waals surface area contributed by atoms with Gasteiger partial charge >= 0.3 is 17.5 Å². The van der Waals surface area contributed by atoms with Crippen molar-refractivity contribution in [3.8, 4) is 17.2 Å². The second-order valence-electron chi connectivity index (χ2n) is 3.55. The van der Waals surface area contributed by atoms with Crippen molar-refractivity contribution in [1.29, 1.82) is 0 Å². The van der Waals surface area contributed by atoms with E-state index < -0.39 is 10.9 Å². The van der Waals surface area contributed by atoms with Crippen LogP contribution in [0.3, 0.4) is 0 Å². The lowest BCUT2D eigenvalue weighted by molar-refractivity contribution is -0.385. The molecule has 104 valence electrons. The maximum atomic E-state index is 11.2. The van der Waals surface area contributed by atoms with Gasteiger partial charge in [0.05, 0.1) is 19.1 Å². The molecule has 0 aliphatic rings. The third-order valence-corrected chi connectivity index (χ3v) is 2.41. The molecule has 0 unspecified atom stereocenters. The summed E-state index contributed by atoms with van der Waals surface area (Å²) in [7, 11) is 2.49. The summed E-state index contributed by atoms with van der Waals surface area (Å²) in [6, 6.07) is 4.03. The minimum atomic E-state index is -0.766. The predicted octanol–water partition coefficient (Wildman–Crippen LogP) is 1.44. The molecule has 0 atom stereocenters. The normalized spacial score (nSPS) is 10.1. The lowest BCUT2D eigenvalue weighted by Crippen LogP contribution is -2.00. The number of ether oxygens (including phenoxy) is 2. The molecule has 9 heteroatoms. The number of benzene rings is 1. The van der Waals surface area contributed by atoms with Crippen LogP contribution in [0.2, 0.25) is 0 Å². The molecule has 0 aliphatic heterocycles. The van der Waals surface area contributed by atoms with Crippen LogP contribution in [-0.2, 0) is 4.74 Å². The zero-order valence-electron chi connectivity index (χ0n) is 10.5. The number of hydrogen-bond acceptors (Lipinski definition) is 8. The molecule has 2 rings (SSSR count). The summed E-state index contributed by atoms with van der Waals surface area (Å²) < 4.78 is 14.5. The summed E-state index contributed by atoms with van der Waals surface area (Å²) in [5, 5.41) is 17.9. The highest BCUT2D eigenvalue weighted by atomic mass is 16.6. The lowest BCUT2D eigenvalue weighted by atomic mass is 10.2. The minimum Gasteiger partial charge on any atom is -0.490 e. The molecule has 1 aromatic heterocycles. The number of carbonyl (C=O) groups is 1. The van der Waals surface area contributed by atoms with E-state index in [0.29, 0.717) is 5.56 Å². The summed E-state index contributed by atoms with van der Waals surface area (Å²) in [4.78, 5) is 21.4. The molecule has 0 N–H and O–H groups in total. The number of nitrogens with zero attached hydrogens (tertiary/aromatic N) is 3. The van der Waals surface area contributed by atoms with E-state index in [2.05, 4.69) is 14.9 Å². The third-order valence-electron chi connectivity index (χ3n) is 2.41. The summed E-state index contributed by atoms with van der Waals surface area (Å²) >= 11 is 0. The van der Waals surface area contributed by atoms with Crippen LogP contribution in [0.1, 0.15) is 10.7 Å². The van der Waals surface area contributed by atoms with E-state index in [1.807, 2.05) is 0 Å². The SMILES string of the molecule is COC(=O)c1nnc(-c2ccc([N+](=O)[O-])c(OC)c2)o1. The summed E-state index contributed by atoms with van der Waals surface area (Å²) in [6.45, 7) is 0. The lowest BCUT2D eigenvalue weighted by Gasteiger charge is -2.02. The molecule has 0 spiro atoms. The smallest absolute Gasteiger partial charge is 0.396 e. The van der Waals surface area contributed by atoms with Gasteiger partial charge in [0.15, 0.2) is 5.75 Å². The molecule has 0 bridgehead atoms. The first-order valence-corrected chi connectivity index (χ1v) is 5.31. The monoisotopic (exact) mass is 279 g/mol. The van der Waals surface area contributed by atoms with Gasteiger partial charge in [-0.05, 0) is 6.07 Å². The topological polar surface area (TPSA) is 118 Å².